The normalized spacial score (nSPS) is 15.6. The average Bonchev–Trinajstić information content (AvgIpc) is 3.44. The second-order valence-electron chi connectivity index (χ2n) is 9.14. The number of rotatable bonds is 8. The Morgan fingerprint density at radius 2 is 2.06 bits per heavy atom. The maximum atomic E-state index is 13.2. The first-order chi connectivity index (χ1) is 15.9. The molecule has 4 rings (SSSR count). The van der Waals surface area contributed by atoms with Gasteiger partial charge < -0.3 is 10.4 Å². The molecule has 0 aromatic carbocycles. The summed E-state index contributed by atoms with van der Waals surface area (Å²) in [6.07, 6.45) is 3.78. The lowest BCUT2D eigenvalue weighted by molar-refractivity contribution is 0.0615. The number of hydrogen-bond acceptors (Lipinski definition) is 7. The van der Waals surface area contributed by atoms with Crippen LogP contribution in [0.25, 0.3) is 0 Å². The highest BCUT2D eigenvalue weighted by molar-refractivity contribution is 7.16. The SMILES string of the molecule is CC(C)(CO)C(=O)n1nc(C2CCN(Cc3ccccn3)CC2)cc1NCc1ccc(Cl)s1. The number of thiophene rings is 1. The van der Waals surface area contributed by atoms with Crippen molar-refractivity contribution in [2.75, 3.05) is 25.0 Å². The molecule has 33 heavy (non-hydrogen) atoms. The van der Waals surface area contributed by atoms with Gasteiger partial charge in [0, 0.05) is 29.6 Å². The third kappa shape index (κ3) is 5.81. The molecule has 2 N–H and O–H groups in total. The van der Waals surface area contributed by atoms with Crippen LogP contribution in [0.5, 0.6) is 0 Å². The molecule has 0 atom stereocenters. The van der Waals surface area contributed by atoms with E-state index in [1.807, 2.05) is 36.5 Å². The predicted octanol–water partition coefficient (Wildman–Crippen LogP) is 4.64. The molecule has 1 aliphatic rings. The van der Waals surface area contributed by atoms with E-state index < -0.39 is 5.41 Å². The van der Waals surface area contributed by atoms with Crippen LogP contribution in [-0.2, 0) is 13.1 Å². The summed E-state index contributed by atoms with van der Waals surface area (Å²) >= 11 is 7.56. The van der Waals surface area contributed by atoms with Crippen molar-refractivity contribution in [3.63, 3.8) is 0 Å². The molecule has 9 heteroatoms. The first kappa shape index (κ1) is 23.9. The van der Waals surface area contributed by atoms with Gasteiger partial charge in [-0.1, -0.05) is 17.7 Å². The van der Waals surface area contributed by atoms with Gasteiger partial charge in [0.2, 0.25) is 0 Å². The quantitative estimate of drug-likeness (QED) is 0.481. The van der Waals surface area contributed by atoms with Crippen LogP contribution in [0.15, 0.2) is 42.6 Å². The Bertz CT molecular complexity index is 1070. The van der Waals surface area contributed by atoms with Gasteiger partial charge in [-0.25, -0.2) is 0 Å². The fraction of sp³-hybridized carbons (Fsp3) is 0.458. The van der Waals surface area contributed by atoms with E-state index in [9.17, 15) is 9.90 Å². The number of anilines is 1. The first-order valence-electron chi connectivity index (χ1n) is 11.2. The van der Waals surface area contributed by atoms with Gasteiger partial charge in [-0.05, 0) is 64.0 Å². The predicted molar refractivity (Wildman–Crippen MR) is 132 cm³/mol. The molecule has 0 amide bonds. The number of carbonyl (C=O) groups excluding carboxylic acids is 1. The number of aromatic nitrogens is 3. The number of nitrogens with zero attached hydrogens (tertiary/aromatic N) is 4. The van der Waals surface area contributed by atoms with E-state index in [1.54, 1.807) is 13.8 Å². The van der Waals surface area contributed by atoms with E-state index in [0.29, 0.717) is 12.4 Å². The molecular weight excluding hydrogens is 458 g/mol. The van der Waals surface area contributed by atoms with Crippen molar-refractivity contribution < 1.29 is 9.90 Å². The Morgan fingerprint density at radius 3 is 2.70 bits per heavy atom. The molecule has 0 saturated carbocycles. The van der Waals surface area contributed by atoms with E-state index in [-0.39, 0.29) is 18.4 Å². The van der Waals surface area contributed by atoms with E-state index >= 15 is 0 Å². The highest BCUT2D eigenvalue weighted by atomic mass is 35.5. The average molecular weight is 488 g/mol. The zero-order chi connectivity index (χ0) is 23.4. The van der Waals surface area contributed by atoms with Crippen LogP contribution < -0.4 is 5.32 Å². The van der Waals surface area contributed by atoms with Crippen molar-refractivity contribution in [1.82, 2.24) is 19.7 Å². The standard InChI is InChI=1S/C24H30ClN5O2S/c1-24(2,16-31)23(32)30-22(27-14-19-6-7-21(25)33-19)13-20(28-30)17-8-11-29(12-9-17)15-18-5-3-4-10-26-18/h3-7,10,13,17,27,31H,8-9,11-12,14-16H2,1-2H3. The molecule has 0 unspecified atom stereocenters. The minimum absolute atomic E-state index is 0.226. The number of nitrogens with one attached hydrogen (secondary N) is 1. The minimum Gasteiger partial charge on any atom is -0.395 e. The van der Waals surface area contributed by atoms with Crippen molar-refractivity contribution in [3.05, 3.63) is 63.2 Å². The Labute approximate surface area is 203 Å². The van der Waals surface area contributed by atoms with E-state index in [0.717, 1.165) is 53.1 Å². The number of aliphatic hydroxyl groups excluding tert-OH is 1. The minimum atomic E-state index is -0.919. The molecule has 0 spiro atoms. The molecule has 3 aromatic rings. The van der Waals surface area contributed by atoms with Crippen LogP contribution >= 0.6 is 22.9 Å². The zero-order valence-corrected chi connectivity index (χ0v) is 20.6. The Morgan fingerprint density at radius 1 is 1.27 bits per heavy atom. The maximum Gasteiger partial charge on any atom is 0.256 e. The van der Waals surface area contributed by atoms with Crippen LogP contribution in [0.1, 0.15) is 53.7 Å². The van der Waals surface area contributed by atoms with E-state index in [1.165, 1.54) is 16.0 Å². The molecule has 176 valence electrons. The highest BCUT2D eigenvalue weighted by Gasteiger charge is 2.32. The molecule has 1 fully saturated rings. The van der Waals surface area contributed by atoms with Crippen LogP contribution in [0.4, 0.5) is 5.82 Å². The summed E-state index contributed by atoms with van der Waals surface area (Å²) in [5.74, 6) is 0.709. The second kappa shape index (κ2) is 10.3. The van der Waals surface area contributed by atoms with Crippen molar-refractivity contribution in [2.24, 2.45) is 5.41 Å². The summed E-state index contributed by atoms with van der Waals surface area (Å²) in [6, 6.07) is 11.8. The van der Waals surface area contributed by atoms with Crippen LogP contribution in [-0.4, -0.2) is 50.4 Å². The van der Waals surface area contributed by atoms with Gasteiger partial charge in [0.1, 0.15) is 5.82 Å². The lowest BCUT2D eigenvalue weighted by Gasteiger charge is -2.30. The fourth-order valence-corrected chi connectivity index (χ4v) is 4.99. The Hall–Kier alpha value is -2.26. The number of likely N-dealkylation sites (tertiary alicyclic amines) is 1. The number of aliphatic hydroxyl groups is 1. The molecule has 0 bridgehead atoms. The van der Waals surface area contributed by atoms with Gasteiger partial charge in [-0.15, -0.1) is 11.3 Å². The van der Waals surface area contributed by atoms with Crippen LogP contribution in [0, 0.1) is 5.41 Å². The third-order valence-corrected chi connectivity index (χ3v) is 7.32. The van der Waals surface area contributed by atoms with Gasteiger partial charge in [0.15, 0.2) is 0 Å². The molecule has 0 radical (unpaired) electrons. The molecule has 1 aliphatic heterocycles. The van der Waals surface area contributed by atoms with Crippen LogP contribution in [0.2, 0.25) is 4.34 Å². The summed E-state index contributed by atoms with van der Waals surface area (Å²) in [4.78, 5) is 21.1. The topological polar surface area (TPSA) is 83.3 Å². The van der Waals surface area contributed by atoms with Gasteiger partial charge in [-0.3, -0.25) is 14.7 Å². The summed E-state index contributed by atoms with van der Waals surface area (Å²) in [5, 5.41) is 17.8. The monoisotopic (exact) mass is 487 g/mol. The molecule has 4 heterocycles. The van der Waals surface area contributed by atoms with E-state index in [2.05, 4.69) is 21.3 Å². The zero-order valence-electron chi connectivity index (χ0n) is 19.0. The summed E-state index contributed by atoms with van der Waals surface area (Å²) < 4.78 is 2.16. The number of piperidine rings is 1. The van der Waals surface area contributed by atoms with E-state index in [4.69, 9.17) is 16.7 Å². The van der Waals surface area contributed by atoms with Crippen LogP contribution in [0.3, 0.4) is 0 Å². The number of pyridine rings is 1. The van der Waals surface area contributed by atoms with Gasteiger partial charge in [0.25, 0.3) is 5.91 Å². The summed E-state index contributed by atoms with van der Waals surface area (Å²) in [6.45, 7) is 6.54. The second-order valence-corrected chi connectivity index (χ2v) is 10.9. The van der Waals surface area contributed by atoms with Crippen molar-refractivity contribution in [1.29, 1.82) is 0 Å². The first-order valence-corrected chi connectivity index (χ1v) is 12.4. The molecular formula is C24H30ClN5O2S. The van der Waals surface area contributed by atoms with Gasteiger partial charge in [0.05, 0.1) is 34.3 Å². The highest BCUT2D eigenvalue weighted by Crippen LogP contribution is 2.31. The van der Waals surface area contributed by atoms with Crippen molar-refractivity contribution in [2.45, 2.75) is 45.7 Å². The molecule has 0 aliphatic carbocycles. The largest absolute Gasteiger partial charge is 0.395 e. The molecule has 3 aromatic heterocycles. The van der Waals surface area contributed by atoms with Crippen molar-refractivity contribution >= 4 is 34.7 Å². The Balaban J connectivity index is 1.48. The number of halogens is 1. The lowest BCUT2D eigenvalue weighted by Crippen LogP contribution is -2.35. The summed E-state index contributed by atoms with van der Waals surface area (Å²) in [5.41, 5.74) is 1.08. The fourth-order valence-electron chi connectivity index (χ4n) is 3.97. The maximum absolute atomic E-state index is 13.2. The van der Waals surface area contributed by atoms with Gasteiger partial charge in [-0.2, -0.15) is 9.78 Å². The van der Waals surface area contributed by atoms with Crippen molar-refractivity contribution in [3.8, 4) is 0 Å². The molecule has 1 saturated heterocycles. The number of hydrogen-bond donors (Lipinski definition) is 2. The Kier molecular flexibility index (Phi) is 7.48. The smallest absolute Gasteiger partial charge is 0.256 e. The van der Waals surface area contributed by atoms with Gasteiger partial charge >= 0.3 is 0 Å². The summed E-state index contributed by atoms with van der Waals surface area (Å²) in [7, 11) is 0. The third-order valence-electron chi connectivity index (χ3n) is 6.09. The number of carbonyl (C=O) groups is 1. The molecule has 7 nitrogen and oxygen atoms in total. The lowest BCUT2D eigenvalue weighted by atomic mass is 9.93.